The van der Waals surface area contributed by atoms with Crippen molar-refractivity contribution in [1.29, 1.82) is 0 Å². The van der Waals surface area contributed by atoms with Gasteiger partial charge in [0.15, 0.2) is 0 Å². The summed E-state index contributed by atoms with van der Waals surface area (Å²) in [5, 5.41) is 5.45. The van der Waals surface area contributed by atoms with E-state index in [1.165, 1.54) is 0 Å². The molecule has 1 N–H and O–H groups in total. The fourth-order valence-corrected chi connectivity index (χ4v) is 2.25. The average molecular weight is 249 g/mol. The number of aromatic nitrogens is 2. The molecular weight excluding hydrogens is 234 g/mol. The molecule has 0 amide bonds. The molecule has 2 aromatic rings. The van der Waals surface area contributed by atoms with Crippen LogP contribution in [0.25, 0.3) is 0 Å². The van der Waals surface area contributed by atoms with Crippen LogP contribution >= 0.6 is 11.3 Å². The van der Waals surface area contributed by atoms with Crippen molar-refractivity contribution in [1.82, 2.24) is 15.3 Å². The monoisotopic (exact) mass is 249 g/mol. The number of hydrogen-bond donors (Lipinski definition) is 1. The predicted molar refractivity (Wildman–Crippen MR) is 68.4 cm³/mol. The molecule has 2 rings (SSSR count). The van der Waals surface area contributed by atoms with E-state index in [-0.39, 0.29) is 6.04 Å². The predicted octanol–water partition coefficient (Wildman–Crippen LogP) is 2.25. The van der Waals surface area contributed by atoms with E-state index in [4.69, 9.17) is 4.74 Å². The Morgan fingerprint density at radius 2 is 2.35 bits per heavy atom. The summed E-state index contributed by atoms with van der Waals surface area (Å²) in [6, 6.07) is 2.06. The Morgan fingerprint density at radius 1 is 1.47 bits per heavy atom. The fourth-order valence-electron chi connectivity index (χ4n) is 1.67. The van der Waals surface area contributed by atoms with E-state index in [0.29, 0.717) is 0 Å². The quantitative estimate of drug-likeness (QED) is 0.883. The molecule has 1 atom stereocenters. The van der Waals surface area contributed by atoms with E-state index >= 15 is 0 Å². The highest BCUT2D eigenvalue weighted by atomic mass is 32.1. The van der Waals surface area contributed by atoms with Crippen molar-refractivity contribution < 1.29 is 4.74 Å². The zero-order chi connectivity index (χ0) is 12.1. The molecule has 1 unspecified atom stereocenters. The molecule has 17 heavy (non-hydrogen) atoms. The second-order valence-electron chi connectivity index (χ2n) is 3.56. The fraction of sp³-hybridized carbons (Fsp3) is 0.333. The number of methoxy groups -OCH3 is 1. The molecule has 5 heteroatoms. The van der Waals surface area contributed by atoms with Crippen LogP contribution in [0, 0.1) is 0 Å². The number of rotatable bonds is 5. The number of hydrogen-bond acceptors (Lipinski definition) is 5. The van der Waals surface area contributed by atoms with Gasteiger partial charge in [0.2, 0.25) is 0 Å². The maximum absolute atomic E-state index is 5.19. The largest absolute Gasteiger partial charge is 0.495 e. The van der Waals surface area contributed by atoms with Crippen LogP contribution in [0.1, 0.15) is 24.2 Å². The molecule has 0 aliphatic carbocycles. The summed E-state index contributed by atoms with van der Waals surface area (Å²) in [7, 11) is 1.64. The first-order valence-corrected chi connectivity index (χ1v) is 6.39. The highest BCUT2D eigenvalue weighted by Gasteiger charge is 2.15. The molecule has 0 saturated carbocycles. The van der Waals surface area contributed by atoms with Crippen LogP contribution in [0.4, 0.5) is 0 Å². The van der Waals surface area contributed by atoms with Gasteiger partial charge in [-0.1, -0.05) is 6.92 Å². The molecule has 0 bridgehead atoms. The van der Waals surface area contributed by atoms with Crippen molar-refractivity contribution in [2.45, 2.75) is 13.0 Å². The molecule has 2 heterocycles. The summed E-state index contributed by atoms with van der Waals surface area (Å²) in [4.78, 5) is 8.53. The van der Waals surface area contributed by atoms with Gasteiger partial charge in [-0.15, -0.1) is 11.3 Å². The number of nitrogens with one attached hydrogen (secondary N) is 1. The zero-order valence-corrected chi connectivity index (χ0v) is 10.7. The number of thiazole rings is 1. The number of nitrogens with zero attached hydrogens (tertiary/aromatic N) is 2. The highest BCUT2D eigenvalue weighted by Crippen LogP contribution is 2.23. The Labute approximate surface area is 105 Å². The summed E-state index contributed by atoms with van der Waals surface area (Å²) in [5.41, 5.74) is 3.93. The zero-order valence-electron chi connectivity index (χ0n) is 9.88. The SMILES string of the molecule is CCNC(c1cncc(OC)c1)c1cscn1. The van der Waals surface area contributed by atoms with Crippen LogP contribution < -0.4 is 10.1 Å². The van der Waals surface area contributed by atoms with Crippen LogP contribution in [-0.4, -0.2) is 23.6 Å². The van der Waals surface area contributed by atoms with Crippen LogP contribution in [-0.2, 0) is 0 Å². The summed E-state index contributed by atoms with van der Waals surface area (Å²) < 4.78 is 5.19. The Hall–Kier alpha value is -1.46. The lowest BCUT2D eigenvalue weighted by Gasteiger charge is -2.16. The minimum atomic E-state index is 0.0776. The first-order chi connectivity index (χ1) is 8.35. The molecule has 0 saturated heterocycles. The third kappa shape index (κ3) is 2.81. The average Bonchev–Trinajstić information content (AvgIpc) is 2.89. The number of pyridine rings is 1. The molecule has 4 nitrogen and oxygen atoms in total. The third-order valence-corrected chi connectivity index (χ3v) is 3.06. The second-order valence-corrected chi connectivity index (χ2v) is 4.28. The van der Waals surface area contributed by atoms with E-state index in [2.05, 4.69) is 22.2 Å². The Kier molecular flexibility index (Phi) is 4.06. The lowest BCUT2D eigenvalue weighted by atomic mass is 10.1. The topological polar surface area (TPSA) is 47.0 Å². The van der Waals surface area contributed by atoms with Gasteiger partial charge in [0.1, 0.15) is 5.75 Å². The maximum Gasteiger partial charge on any atom is 0.137 e. The summed E-state index contributed by atoms with van der Waals surface area (Å²) in [6.45, 7) is 2.95. The van der Waals surface area contributed by atoms with Gasteiger partial charge in [0, 0.05) is 11.6 Å². The third-order valence-electron chi connectivity index (χ3n) is 2.46. The minimum absolute atomic E-state index is 0.0776. The normalized spacial score (nSPS) is 12.4. The van der Waals surface area contributed by atoms with Crippen LogP contribution in [0.15, 0.2) is 29.4 Å². The van der Waals surface area contributed by atoms with Gasteiger partial charge in [-0.05, 0) is 18.2 Å². The highest BCUT2D eigenvalue weighted by molar-refractivity contribution is 7.07. The molecule has 90 valence electrons. The molecule has 0 aromatic carbocycles. The van der Waals surface area contributed by atoms with E-state index in [1.54, 1.807) is 24.6 Å². The van der Waals surface area contributed by atoms with Crippen molar-refractivity contribution in [3.63, 3.8) is 0 Å². The van der Waals surface area contributed by atoms with Crippen molar-refractivity contribution in [2.75, 3.05) is 13.7 Å². The van der Waals surface area contributed by atoms with E-state index in [1.807, 2.05) is 23.2 Å². The first-order valence-electron chi connectivity index (χ1n) is 5.45. The van der Waals surface area contributed by atoms with Crippen LogP contribution in [0.5, 0.6) is 5.75 Å². The molecule has 0 radical (unpaired) electrons. The number of ether oxygens (including phenoxy) is 1. The van der Waals surface area contributed by atoms with Gasteiger partial charge >= 0.3 is 0 Å². The lowest BCUT2D eigenvalue weighted by Crippen LogP contribution is -2.22. The van der Waals surface area contributed by atoms with Gasteiger partial charge in [-0.25, -0.2) is 4.98 Å². The molecule has 2 aromatic heterocycles. The Bertz CT molecular complexity index is 459. The maximum atomic E-state index is 5.19. The van der Waals surface area contributed by atoms with Crippen LogP contribution in [0.2, 0.25) is 0 Å². The summed E-state index contributed by atoms with van der Waals surface area (Å²) in [6.07, 6.45) is 3.54. The molecular formula is C12H15N3OS. The minimum Gasteiger partial charge on any atom is -0.495 e. The molecule has 0 fully saturated rings. The summed E-state index contributed by atoms with van der Waals surface area (Å²) in [5.74, 6) is 0.764. The van der Waals surface area contributed by atoms with Crippen molar-refractivity contribution in [3.8, 4) is 5.75 Å². The molecule has 0 aliphatic rings. The standard InChI is InChI=1S/C12H15N3OS/c1-3-14-12(11-7-17-8-15-11)9-4-10(16-2)6-13-5-9/h4-8,12,14H,3H2,1-2H3. The van der Waals surface area contributed by atoms with Gasteiger partial charge in [0.05, 0.1) is 30.6 Å². The lowest BCUT2D eigenvalue weighted by molar-refractivity contribution is 0.411. The molecule has 0 spiro atoms. The van der Waals surface area contributed by atoms with Gasteiger partial charge in [0.25, 0.3) is 0 Å². The van der Waals surface area contributed by atoms with Crippen molar-refractivity contribution in [3.05, 3.63) is 40.6 Å². The van der Waals surface area contributed by atoms with E-state index in [9.17, 15) is 0 Å². The van der Waals surface area contributed by atoms with Gasteiger partial charge in [-0.3, -0.25) is 4.98 Å². The first kappa shape index (κ1) is 12.0. The molecule has 0 aliphatic heterocycles. The Balaban J connectivity index is 2.32. The van der Waals surface area contributed by atoms with E-state index in [0.717, 1.165) is 23.6 Å². The Morgan fingerprint density at radius 3 is 3.00 bits per heavy atom. The van der Waals surface area contributed by atoms with Crippen LogP contribution in [0.3, 0.4) is 0 Å². The summed E-state index contributed by atoms with van der Waals surface area (Å²) >= 11 is 1.60. The smallest absolute Gasteiger partial charge is 0.137 e. The van der Waals surface area contributed by atoms with E-state index < -0.39 is 0 Å². The second kappa shape index (κ2) is 5.75. The van der Waals surface area contributed by atoms with Gasteiger partial charge < -0.3 is 10.1 Å². The van der Waals surface area contributed by atoms with Crippen molar-refractivity contribution >= 4 is 11.3 Å². The van der Waals surface area contributed by atoms with Crippen molar-refractivity contribution in [2.24, 2.45) is 0 Å². The van der Waals surface area contributed by atoms with Gasteiger partial charge in [-0.2, -0.15) is 0 Å².